The zero-order valence-electron chi connectivity index (χ0n) is 20.9. The molecule has 0 atom stereocenters. The highest BCUT2D eigenvalue weighted by Gasteiger charge is 2.17. The summed E-state index contributed by atoms with van der Waals surface area (Å²) in [5, 5.41) is 16.0. The lowest BCUT2D eigenvalue weighted by Gasteiger charge is -2.09. The summed E-state index contributed by atoms with van der Waals surface area (Å²) >= 11 is 23.3. The van der Waals surface area contributed by atoms with E-state index in [-0.39, 0.29) is 19.8 Å². The van der Waals surface area contributed by atoms with E-state index in [1.165, 1.54) is 36.4 Å². The lowest BCUT2D eigenvalue weighted by molar-refractivity contribution is 0.599. The van der Waals surface area contributed by atoms with Crippen LogP contribution in [-0.2, 0) is 20.0 Å². The minimum absolute atomic E-state index is 0.0455. The summed E-state index contributed by atoms with van der Waals surface area (Å²) in [7, 11) is -7.46. The summed E-state index contributed by atoms with van der Waals surface area (Å²) in [5.41, 5.74) is 2.53. The summed E-state index contributed by atoms with van der Waals surface area (Å²) in [6.45, 7) is 0. The van der Waals surface area contributed by atoms with Crippen LogP contribution in [0.2, 0.25) is 20.1 Å². The monoisotopic (exact) mass is 682 g/mol. The van der Waals surface area contributed by atoms with Crippen LogP contribution in [0.25, 0.3) is 21.8 Å². The van der Waals surface area contributed by atoms with Gasteiger partial charge in [0.2, 0.25) is 0 Å². The molecule has 0 unspecified atom stereocenters. The van der Waals surface area contributed by atoms with Gasteiger partial charge in [-0.2, -0.15) is 10.2 Å². The molecular weight excluding hydrogens is 666 g/mol. The Morgan fingerprint density at radius 3 is 1.31 bits per heavy atom. The number of fused-ring (bicyclic) bond motifs is 2. The molecule has 16 heteroatoms. The molecule has 0 fully saturated rings. The largest absolute Gasteiger partial charge is 0.280 e. The number of hydrogen-bond acceptors (Lipinski definition) is 6. The van der Waals surface area contributed by atoms with Gasteiger partial charge >= 0.3 is 0 Å². The topological polar surface area (TPSA) is 150 Å². The van der Waals surface area contributed by atoms with Crippen molar-refractivity contribution in [2.45, 2.75) is 9.79 Å². The van der Waals surface area contributed by atoms with Crippen molar-refractivity contribution in [2.24, 2.45) is 0 Å². The van der Waals surface area contributed by atoms with Crippen LogP contribution in [0.1, 0.15) is 0 Å². The van der Waals surface area contributed by atoms with Crippen molar-refractivity contribution < 1.29 is 16.8 Å². The van der Waals surface area contributed by atoms with Gasteiger partial charge in [-0.25, -0.2) is 16.8 Å². The highest BCUT2D eigenvalue weighted by Crippen LogP contribution is 2.28. The fraction of sp³-hybridized carbons (Fsp3) is 0. The van der Waals surface area contributed by atoms with E-state index in [0.717, 1.165) is 21.8 Å². The first-order chi connectivity index (χ1) is 19.9. The van der Waals surface area contributed by atoms with Crippen molar-refractivity contribution in [1.29, 1.82) is 0 Å². The zero-order chi connectivity index (χ0) is 30.1. The van der Waals surface area contributed by atoms with Crippen molar-refractivity contribution in [1.82, 2.24) is 20.4 Å². The second kappa shape index (κ2) is 12.0. The number of nitrogens with one attached hydrogen (secondary N) is 4. The van der Waals surface area contributed by atoms with Crippen molar-refractivity contribution in [3.63, 3.8) is 0 Å². The van der Waals surface area contributed by atoms with Crippen molar-refractivity contribution in [3.05, 3.63) is 105 Å². The van der Waals surface area contributed by atoms with E-state index in [9.17, 15) is 16.8 Å². The van der Waals surface area contributed by atoms with E-state index in [2.05, 4.69) is 29.8 Å². The highest BCUT2D eigenvalue weighted by molar-refractivity contribution is 7.93. The molecule has 0 aliphatic rings. The van der Waals surface area contributed by atoms with Crippen LogP contribution in [0, 0.1) is 0 Å². The zero-order valence-corrected chi connectivity index (χ0v) is 25.6. The summed E-state index contributed by atoms with van der Waals surface area (Å²) in [4.78, 5) is 0.0911. The smallest absolute Gasteiger partial charge is 0.261 e. The van der Waals surface area contributed by atoms with Gasteiger partial charge in [-0.15, -0.1) is 0 Å². The van der Waals surface area contributed by atoms with Gasteiger partial charge in [-0.05, 0) is 72.8 Å². The quantitative estimate of drug-likeness (QED) is 0.144. The Kier molecular flexibility index (Phi) is 8.56. The molecule has 0 spiro atoms. The van der Waals surface area contributed by atoms with Crippen molar-refractivity contribution in [3.8, 4) is 0 Å². The molecule has 216 valence electrons. The first-order valence-electron chi connectivity index (χ1n) is 11.7. The first-order valence-corrected chi connectivity index (χ1v) is 16.2. The lowest BCUT2D eigenvalue weighted by Crippen LogP contribution is -2.12. The number of benzene rings is 4. The Balaban J connectivity index is 0.000000168. The Hall–Kier alpha value is -3.52. The molecule has 6 aromatic rings. The number of sulfonamides is 2. The predicted molar refractivity (Wildman–Crippen MR) is 167 cm³/mol. The molecule has 4 aromatic carbocycles. The average molecular weight is 684 g/mol. The molecule has 6 rings (SSSR count). The van der Waals surface area contributed by atoms with E-state index in [1.54, 1.807) is 48.8 Å². The number of aromatic amines is 2. The second-order valence-corrected chi connectivity index (χ2v) is 13.7. The van der Waals surface area contributed by atoms with Gasteiger partial charge in [-0.1, -0.05) is 46.4 Å². The molecule has 0 aliphatic carbocycles. The van der Waals surface area contributed by atoms with Crippen LogP contribution in [0.4, 0.5) is 11.4 Å². The Morgan fingerprint density at radius 2 is 0.929 bits per heavy atom. The molecule has 4 N–H and O–H groups in total. The minimum Gasteiger partial charge on any atom is -0.280 e. The molecular formula is C26H18Cl4N6O4S2. The van der Waals surface area contributed by atoms with Crippen LogP contribution in [0.5, 0.6) is 0 Å². The van der Waals surface area contributed by atoms with Crippen LogP contribution < -0.4 is 9.44 Å². The lowest BCUT2D eigenvalue weighted by atomic mass is 10.2. The maximum absolute atomic E-state index is 12.3. The van der Waals surface area contributed by atoms with Gasteiger partial charge in [0.1, 0.15) is 0 Å². The number of H-pyrrole nitrogens is 2. The maximum atomic E-state index is 12.3. The van der Waals surface area contributed by atoms with Gasteiger partial charge in [0.05, 0.1) is 53.3 Å². The highest BCUT2D eigenvalue weighted by atomic mass is 35.5. The van der Waals surface area contributed by atoms with Crippen molar-refractivity contribution in [2.75, 3.05) is 9.44 Å². The van der Waals surface area contributed by atoms with Gasteiger partial charge in [0, 0.05) is 22.1 Å². The standard InChI is InChI=1S/2C13H9Cl2N3O2S/c2*14-11-3-2-10(6-12(11)15)21(19,20)18-9-1-4-13-8(5-9)7-16-17-13/h2*1-7,18H,(H,16,17). The fourth-order valence-electron chi connectivity index (χ4n) is 3.73. The predicted octanol–water partition coefficient (Wildman–Crippen LogP) is 7.34. The minimum atomic E-state index is -3.73. The molecule has 2 heterocycles. The SMILES string of the molecule is O=S(=O)(Nc1ccc2[nH]ncc2c1)c1ccc(Cl)c(Cl)c1.O=S(=O)(Nc1ccc2[nH]ncc2c1)c1ccc(Cl)c(Cl)c1. The summed E-state index contributed by atoms with van der Waals surface area (Å²) < 4.78 is 54.2. The number of aromatic nitrogens is 4. The molecule has 2 aromatic heterocycles. The third-order valence-electron chi connectivity index (χ3n) is 5.79. The van der Waals surface area contributed by atoms with Gasteiger partial charge < -0.3 is 0 Å². The summed E-state index contributed by atoms with van der Waals surface area (Å²) in [5.74, 6) is 0. The Morgan fingerprint density at radius 1 is 0.524 bits per heavy atom. The van der Waals surface area contributed by atoms with Crippen LogP contribution >= 0.6 is 46.4 Å². The molecule has 0 saturated heterocycles. The van der Waals surface area contributed by atoms with E-state index in [0.29, 0.717) is 21.4 Å². The molecule has 42 heavy (non-hydrogen) atoms. The van der Waals surface area contributed by atoms with Crippen LogP contribution in [0.3, 0.4) is 0 Å². The first kappa shape index (κ1) is 30.0. The third kappa shape index (κ3) is 6.75. The molecule has 0 bridgehead atoms. The third-order valence-corrected chi connectivity index (χ3v) is 10.0. The second-order valence-electron chi connectivity index (χ2n) is 8.71. The fourth-order valence-corrected chi connectivity index (χ4v) is 6.60. The van der Waals surface area contributed by atoms with E-state index in [1.807, 2.05) is 0 Å². The van der Waals surface area contributed by atoms with E-state index >= 15 is 0 Å². The van der Waals surface area contributed by atoms with Gasteiger partial charge in [0.25, 0.3) is 20.0 Å². The van der Waals surface area contributed by atoms with Gasteiger partial charge in [0.15, 0.2) is 0 Å². The van der Waals surface area contributed by atoms with E-state index in [4.69, 9.17) is 46.4 Å². The molecule has 0 aliphatic heterocycles. The number of anilines is 2. The normalized spacial score (nSPS) is 11.7. The molecule has 0 radical (unpaired) electrons. The average Bonchev–Trinajstić information content (AvgIpc) is 3.60. The number of nitrogens with zero attached hydrogens (tertiary/aromatic N) is 2. The molecule has 0 amide bonds. The summed E-state index contributed by atoms with van der Waals surface area (Å²) in [6.07, 6.45) is 3.23. The Bertz CT molecular complexity index is 2000. The van der Waals surface area contributed by atoms with E-state index < -0.39 is 20.0 Å². The molecule has 10 nitrogen and oxygen atoms in total. The number of halogens is 4. The summed E-state index contributed by atoms with van der Waals surface area (Å²) in [6, 6.07) is 18.5. The molecule has 0 saturated carbocycles. The Labute approximate surface area is 260 Å². The maximum Gasteiger partial charge on any atom is 0.261 e. The number of rotatable bonds is 6. The van der Waals surface area contributed by atoms with Crippen LogP contribution in [-0.4, -0.2) is 37.2 Å². The van der Waals surface area contributed by atoms with Gasteiger partial charge in [-0.3, -0.25) is 19.6 Å². The van der Waals surface area contributed by atoms with Crippen LogP contribution in [0.15, 0.2) is 95.0 Å². The number of hydrogen-bond donors (Lipinski definition) is 4. The van der Waals surface area contributed by atoms with Crippen molar-refractivity contribution >= 4 is 99.6 Å².